The molecule has 1 atom stereocenters. The van der Waals surface area contributed by atoms with Crippen LogP contribution in [-0.2, 0) is 0 Å². The number of hydrogen-bond donors (Lipinski definition) is 1. The van der Waals surface area contributed by atoms with Crippen LogP contribution in [0.2, 0.25) is 5.02 Å². The second-order valence-corrected chi connectivity index (χ2v) is 5.52. The van der Waals surface area contributed by atoms with Crippen LogP contribution in [0.3, 0.4) is 0 Å². The van der Waals surface area contributed by atoms with E-state index in [2.05, 4.69) is 17.2 Å². The van der Waals surface area contributed by atoms with Gasteiger partial charge in [0.05, 0.1) is 10.6 Å². The fourth-order valence-corrected chi connectivity index (χ4v) is 2.32. The average molecular weight is 273 g/mol. The Morgan fingerprint density at radius 2 is 2.41 bits per heavy atom. The molecule has 17 heavy (non-hydrogen) atoms. The van der Waals surface area contributed by atoms with Gasteiger partial charge in [0.15, 0.2) is 0 Å². The lowest BCUT2D eigenvalue weighted by molar-refractivity contribution is 0.0939. The van der Waals surface area contributed by atoms with E-state index in [9.17, 15) is 4.79 Å². The third-order valence-electron chi connectivity index (χ3n) is 2.29. The molecule has 0 bridgehead atoms. The van der Waals surface area contributed by atoms with Crippen LogP contribution in [0.5, 0.6) is 0 Å². The summed E-state index contributed by atoms with van der Waals surface area (Å²) < 4.78 is 0. The van der Waals surface area contributed by atoms with Crippen LogP contribution in [-0.4, -0.2) is 28.4 Å². The van der Waals surface area contributed by atoms with Gasteiger partial charge >= 0.3 is 0 Å². The molecule has 0 saturated carbocycles. The lowest BCUT2D eigenvalue weighted by Gasteiger charge is -2.13. The second-order valence-electron chi connectivity index (χ2n) is 3.72. The zero-order valence-electron chi connectivity index (χ0n) is 10.1. The molecule has 0 aliphatic rings. The Bertz CT molecular complexity index is 373. The fourth-order valence-electron chi connectivity index (χ4n) is 1.32. The lowest BCUT2D eigenvalue weighted by Crippen LogP contribution is -2.33. The Labute approximate surface area is 111 Å². The number of nitrogens with zero attached hydrogens (tertiary/aromatic N) is 1. The summed E-state index contributed by atoms with van der Waals surface area (Å²) in [6, 6.07) is 1.77. The van der Waals surface area contributed by atoms with Crippen LogP contribution < -0.4 is 5.32 Å². The molecular weight excluding hydrogens is 256 g/mol. The minimum absolute atomic E-state index is 0.151. The predicted octanol–water partition coefficient (Wildman–Crippen LogP) is 3.00. The molecule has 0 saturated heterocycles. The number of halogens is 1. The van der Waals surface area contributed by atoms with Gasteiger partial charge in [-0.05, 0) is 30.9 Å². The summed E-state index contributed by atoms with van der Waals surface area (Å²) in [6.45, 7) is 4.13. The molecule has 1 aromatic rings. The van der Waals surface area contributed by atoms with Crippen LogP contribution in [0.15, 0.2) is 18.5 Å². The molecular formula is C12H17ClN2OS. The summed E-state index contributed by atoms with van der Waals surface area (Å²) in [5.41, 5.74) is 0.434. The maximum Gasteiger partial charge on any atom is 0.254 e. The molecule has 0 aliphatic heterocycles. The Hall–Kier alpha value is -0.740. The highest BCUT2D eigenvalue weighted by Crippen LogP contribution is 2.13. The standard InChI is InChI=1S/C12H17ClN2OS/c1-3-17-7-5-9(2)15-12(16)10-8-14-6-4-11(10)13/h4,6,8-9H,3,5,7H2,1-2H3,(H,15,16). The Balaban J connectivity index is 2.46. The van der Waals surface area contributed by atoms with Gasteiger partial charge in [0.2, 0.25) is 0 Å². The number of carbonyl (C=O) groups is 1. The van der Waals surface area contributed by atoms with Gasteiger partial charge in [-0.1, -0.05) is 18.5 Å². The third-order valence-corrected chi connectivity index (χ3v) is 3.55. The first-order valence-corrected chi connectivity index (χ1v) is 7.16. The number of rotatable bonds is 6. The average Bonchev–Trinajstić information content (AvgIpc) is 2.29. The van der Waals surface area contributed by atoms with E-state index in [0.29, 0.717) is 10.6 Å². The van der Waals surface area contributed by atoms with Crippen LogP contribution in [0.25, 0.3) is 0 Å². The molecule has 1 amide bonds. The summed E-state index contributed by atoms with van der Waals surface area (Å²) in [4.78, 5) is 15.8. The quantitative estimate of drug-likeness (QED) is 0.810. The van der Waals surface area contributed by atoms with E-state index in [0.717, 1.165) is 17.9 Å². The van der Waals surface area contributed by atoms with Crippen molar-refractivity contribution >= 4 is 29.3 Å². The van der Waals surface area contributed by atoms with Crippen LogP contribution in [0, 0.1) is 0 Å². The molecule has 0 fully saturated rings. The number of hydrogen-bond acceptors (Lipinski definition) is 3. The van der Waals surface area contributed by atoms with E-state index in [-0.39, 0.29) is 11.9 Å². The van der Waals surface area contributed by atoms with Gasteiger partial charge in [0, 0.05) is 18.4 Å². The van der Waals surface area contributed by atoms with Crippen molar-refractivity contribution in [3.8, 4) is 0 Å². The maximum absolute atomic E-state index is 11.9. The zero-order valence-corrected chi connectivity index (χ0v) is 11.6. The van der Waals surface area contributed by atoms with E-state index in [4.69, 9.17) is 11.6 Å². The van der Waals surface area contributed by atoms with E-state index in [1.807, 2.05) is 18.7 Å². The summed E-state index contributed by atoms with van der Waals surface area (Å²) in [5.74, 6) is 2.01. The molecule has 0 radical (unpaired) electrons. The van der Waals surface area contributed by atoms with Crippen molar-refractivity contribution in [3.63, 3.8) is 0 Å². The van der Waals surface area contributed by atoms with Gasteiger partial charge in [-0.3, -0.25) is 9.78 Å². The number of thioether (sulfide) groups is 1. The smallest absolute Gasteiger partial charge is 0.254 e. The van der Waals surface area contributed by atoms with Crippen molar-refractivity contribution in [2.45, 2.75) is 26.3 Å². The van der Waals surface area contributed by atoms with Crippen molar-refractivity contribution < 1.29 is 4.79 Å². The molecule has 1 heterocycles. The van der Waals surface area contributed by atoms with Gasteiger partial charge in [-0.25, -0.2) is 0 Å². The second kappa shape index (κ2) is 7.56. The van der Waals surface area contributed by atoms with Crippen molar-refractivity contribution in [2.24, 2.45) is 0 Å². The molecule has 0 aromatic carbocycles. The van der Waals surface area contributed by atoms with E-state index < -0.39 is 0 Å². The normalized spacial score (nSPS) is 12.2. The van der Waals surface area contributed by atoms with E-state index in [1.165, 1.54) is 6.20 Å². The highest BCUT2D eigenvalue weighted by Gasteiger charge is 2.12. The van der Waals surface area contributed by atoms with Crippen LogP contribution in [0.1, 0.15) is 30.6 Å². The zero-order chi connectivity index (χ0) is 12.7. The molecule has 1 N–H and O–H groups in total. The Kier molecular flexibility index (Phi) is 6.37. The van der Waals surface area contributed by atoms with Crippen molar-refractivity contribution in [2.75, 3.05) is 11.5 Å². The summed E-state index contributed by atoms with van der Waals surface area (Å²) >= 11 is 7.80. The van der Waals surface area contributed by atoms with E-state index in [1.54, 1.807) is 12.3 Å². The highest BCUT2D eigenvalue weighted by molar-refractivity contribution is 7.99. The largest absolute Gasteiger partial charge is 0.349 e. The van der Waals surface area contributed by atoms with Gasteiger partial charge in [0.25, 0.3) is 5.91 Å². The molecule has 1 aromatic heterocycles. The van der Waals surface area contributed by atoms with Crippen LogP contribution in [0.4, 0.5) is 0 Å². The molecule has 0 aliphatic carbocycles. The van der Waals surface area contributed by atoms with Gasteiger partial charge < -0.3 is 5.32 Å². The monoisotopic (exact) mass is 272 g/mol. The first-order valence-electron chi connectivity index (χ1n) is 5.63. The number of carbonyl (C=O) groups excluding carboxylic acids is 1. The Morgan fingerprint density at radius 3 is 3.06 bits per heavy atom. The first kappa shape index (κ1) is 14.3. The third kappa shape index (κ3) is 4.96. The topological polar surface area (TPSA) is 42.0 Å². The highest BCUT2D eigenvalue weighted by atomic mass is 35.5. The van der Waals surface area contributed by atoms with E-state index >= 15 is 0 Å². The maximum atomic E-state index is 11.9. The van der Waals surface area contributed by atoms with Gasteiger partial charge in [-0.15, -0.1) is 0 Å². The number of aromatic nitrogens is 1. The van der Waals surface area contributed by atoms with Crippen LogP contribution >= 0.6 is 23.4 Å². The molecule has 5 heteroatoms. The SMILES string of the molecule is CCSCCC(C)NC(=O)c1cnccc1Cl. The molecule has 1 rings (SSSR count). The predicted molar refractivity (Wildman–Crippen MR) is 73.8 cm³/mol. The van der Waals surface area contributed by atoms with Crippen molar-refractivity contribution in [1.29, 1.82) is 0 Å². The minimum atomic E-state index is -0.155. The molecule has 1 unspecified atom stereocenters. The van der Waals surface area contributed by atoms with Crippen molar-refractivity contribution in [1.82, 2.24) is 10.3 Å². The molecule has 0 spiro atoms. The summed E-state index contributed by atoms with van der Waals surface area (Å²) in [7, 11) is 0. The molecule has 94 valence electrons. The summed E-state index contributed by atoms with van der Waals surface area (Å²) in [5, 5.41) is 3.36. The number of pyridine rings is 1. The van der Waals surface area contributed by atoms with Gasteiger partial charge in [0.1, 0.15) is 0 Å². The molecule has 3 nitrogen and oxygen atoms in total. The number of amides is 1. The van der Waals surface area contributed by atoms with Crippen molar-refractivity contribution in [3.05, 3.63) is 29.0 Å². The minimum Gasteiger partial charge on any atom is -0.349 e. The lowest BCUT2D eigenvalue weighted by atomic mass is 10.2. The van der Waals surface area contributed by atoms with Gasteiger partial charge in [-0.2, -0.15) is 11.8 Å². The Morgan fingerprint density at radius 1 is 1.65 bits per heavy atom. The number of nitrogens with one attached hydrogen (secondary N) is 1. The summed E-state index contributed by atoms with van der Waals surface area (Å²) in [6.07, 6.45) is 4.02. The fraction of sp³-hybridized carbons (Fsp3) is 0.500. The first-order chi connectivity index (χ1) is 8.15.